The molecule has 0 amide bonds. The predicted octanol–water partition coefficient (Wildman–Crippen LogP) is -1.44. The van der Waals surface area contributed by atoms with Crippen LogP contribution in [0.4, 0.5) is 0 Å². The molecule has 0 aromatic rings. The molecule has 3 heteroatoms. The van der Waals surface area contributed by atoms with E-state index in [0.717, 1.165) is 12.5 Å². The van der Waals surface area contributed by atoms with Crippen molar-refractivity contribution in [2.24, 2.45) is 0 Å². The van der Waals surface area contributed by atoms with Gasteiger partial charge in [0.1, 0.15) is 7.85 Å². The Hall–Kier alpha value is -0.0151. The zero-order chi connectivity index (χ0) is 5.11. The molecule has 40 valence electrons. The Morgan fingerprint density at radius 2 is 1.86 bits per heavy atom. The third-order valence-electron chi connectivity index (χ3n) is 1.24. The molecular weight excluding hydrogens is 86.9 g/mol. The molecule has 1 aliphatic rings. The molecule has 2 nitrogen and oxygen atoms in total. The molecule has 1 aliphatic heterocycles. The van der Waals surface area contributed by atoms with Crippen molar-refractivity contribution in [3.8, 4) is 0 Å². The summed E-state index contributed by atoms with van der Waals surface area (Å²) in [6.07, 6.45) is 0. The minimum absolute atomic E-state index is 0.814. The number of hydrogen-bond acceptors (Lipinski definition) is 2. The Morgan fingerprint density at radius 1 is 1.29 bits per heavy atom. The number of nitrogens with one attached hydrogen (secondary N) is 2. The van der Waals surface area contributed by atoms with Crippen molar-refractivity contribution in [1.82, 2.24) is 10.6 Å². The summed E-state index contributed by atoms with van der Waals surface area (Å²) in [4.78, 5) is 0. The van der Waals surface area contributed by atoms with Crippen LogP contribution in [0.25, 0.3) is 0 Å². The SMILES string of the molecule is BC1CNCNC1. The van der Waals surface area contributed by atoms with E-state index in [1.165, 1.54) is 13.1 Å². The minimum atomic E-state index is 0.814. The van der Waals surface area contributed by atoms with Crippen molar-refractivity contribution in [3.05, 3.63) is 0 Å². The van der Waals surface area contributed by atoms with Crippen LogP contribution in [0.3, 0.4) is 0 Å². The van der Waals surface area contributed by atoms with Crippen molar-refractivity contribution in [2.45, 2.75) is 5.82 Å². The van der Waals surface area contributed by atoms with E-state index in [1.54, 1.807) is 0 Å². The first kappa shape index (κ1) is 5.13. The maximum atomic E-state index is 3.22. The fourth-order valence-corrected chi connectivity index (χ4v) is 0.798. The average molecular weight is 98.0 g/mol. The van der Waals surface area contributed by atoms with Gasteiger partial charge in [0, 0.05) is 6.67 Å². The van der Waals surface area contributed by atoms with E-state index >= 15 is 0 Å². The first-order valence-corrected chi connectivity index (χ1v) is 2.81. The van der Waals surface area contributed by atoms with Crippen LogP contribution in [0.1, 0.15) is 0 Å². The molecule has 0 aliphatic carbocycles. The van der Waals surface area contributed by atoms with Gasteiger partial charge in [-0.25, -0.2) is 0 Å². The maximum absolute atomic E-state index is 3.22. The quantitative estimate of drug-likeness (QED) is 0.362. The minimum Gasteiger partial charge on any atom is -0.305 e. The molecule has 0 radical (unpaired) electrons. The molecule has 0 atom stereocenters. The van der Waals surface area contributed by atoms with E-state index in [2.05, 4.69) is 18.5 Å². The van der Waals surface area contributed by atoms with Gasteiger partial charge in [0.15, 0.2) is 0 Å². The van der Waals surface area contributed by atoms with E-state index in [1.807, 2.05) is 0 Å². The lowest BCUT2D eigenvalue weighted by Crippen LogP contribution is -2.41. The fraction of sp³-hybridized carbons (Fsp3) is 1.00. The van der Waals surface area contributed by atoms with Gasteiger partial charge in [0.05, 0.1) is 0 Å². The van der Waals surface area contributed by atoms with Crippen molar-refractivity contribution in [3.63, 3.8) is 0 Å². The second kappa shape index (κ2) is 2.33. The van der Waals surface area contributed by atoms with Crippen LogP contribution in [0.5, 0.6) is 0 Å². The number of rotatable bonds is 0. The van der Waals surface area contributed by atoms with Crippen molar-refractivity contribution in [1.29, 1.82) is 0 Å². The molecule has 0 bridgehead atoms. The van der Waals surface area contributed by atoms with Gasteiger partial charge in [-0.1, -0.05) is 0 Å². The second-order valence-corrected chi connectivity index (χ2v) is 2.19. The smallest absolute Gasteiger partial charge is 0.108 e. The van der Waals surface area contributed by atoms with E-state index in [9.17, 15) is 0 Å². The summed E-state index contributed by atoms with van der Waals surface area (Å²) in [6.45, 7) is 3.34. The van der Waals surface area contributed by atoms with Gasteiger partial charge in [-0.15, -0.1) is 0 Å². The van der Waals surface area contributed by atoms with Gasteiger partial charge in [-0.05, 0) is 18.9 Å². The predicted molar refractivity (Wildman–Crippen MR) is 33.2 cm³/mol. The lowest BCUT2D eigenvalue weighted by atomic mass is 9.87. The van der Waals surface area contributed by atoms with E-state index in [4.69, 9.17) is 0 Å². The Bertz CT molecular complexity index is 51.7. The lowest BCUT2D eigenvalue weighted by Gasteiger charge is -2.19. The van der Waals surface area contributed by atoms with Gasteiger partial charge < -0.3 is 10.6 Å². The lowest BCUT2D eigenvalue weighted by molar-refractivity contribution is 0.496. The van der Waals surface area contributed by atoms with Gasteiger partial charge in [0.25, 0.3) is 0 Å². The highest BCUT2D eigenvalue weighted by molar-refractivity contribution is 6.12. The van der Waals surface area contributed by atoms with E-state index in [-0.39, 0.29) is 0 Å². The molecule has 2 N–H and O–H groups in total. The Kier molecular flexibility index (Phi) is 1.71. The molecule has 1 fully saturated rings. The molecule has 0 unspecified atom stereocenters. The summed E-state index contributed by atoms with van der Waals surface area (Å²) in [7, 11) is 2.24. The van der Waals surface area contributed by atoms with Crippen molar-refractivity contribution in [2.75, 3.05) is 19.8 Å². The van der Waals surface area contributed by atoms with Gasteiger partial charge in [-0.3, -0.25) is 0 Å². The largest absolute Gasteiger partial charge is 0.305 e. The Labute approximate surface area is 45.1 Å². The van der Waals surface area contributed by atoms with Crippen LogP contribution >= 0.6 is 0 Å². The first-order valence-electron chi connectivity index (χ1n) is 2.81. The highest BCUT2D eigenvalue weighted by Crippen LogP contribution is 1.94. The van der Waals surface area contributed by atoms with Crippen molar-refractivity contribution < 1.29 is 0 Å². The van der Waals surface area contributed by atoms with E-state index < -0.39 is 0 Å². The van der Waals surface area contributed by atoms with Gasteiger partial charge >= 0.3 is 0 Å². The summed E-state index contributed by atoms with van der Waals surface area (Å²) >= 11 is 0. The molecule has 7 heavy (non-hydrogen) atoms. The zero-order valence-electron chi connectivity index (χ0n) is 4.70. The number of hydrogen-bond donors (Lipinski definition) is 2. The second-order valence-electron chi connectivity index (χ2n) is 2.19. The van der Waals surface area contributed by atoms with Crippen molar-refractivity contribution >= 4 is 7.85 Å². The normalized spacial score (nSPS) is 25.1. The van der Waals surface area contributed by atoms with Crippen LogP contribution in [0.2, 0.25) is 5.82 Å². The maximum Gasteiger partial charge on any atom is 0.108 e. The molecule has 0 aromatic heterocycles. The molecular formula is C4H11BN2. The molecule has 1 rings (SSSR count). The van der Waals surface area contributed by atoms with Gasteiger partial charge in [-0.2, -0.15) is 0 Å². The van der Waals surface area contributed by atoms with Gasteiger partial charge in [0.2, 0.25) is 0 Å². The third-order valence-corrected chi connectivity index (χ3v) is 1.24. The summed E-state index contributed by atoms with van der Waals surface area (Å²) in [5, 5.41) is 6.45. The summed E-state index contributed by atoms with van der Waals surface area (Å²) in [5.41, 5.74) is 0. The first-order chi connectivity index (χ1) is 3.39. The standard InChI is InChI=1S/C4H11BN2/c5-4-1-6-3-7-2-4/h4,6-7H,1-3,5H2. The Balaban J connectivity index is 2.12. The monoisotopic (exact) mass is 98.1 g/mol. The van der Waals surface area contributed by atoms with Crippen LogP contribution < -0.4 is 10.6 Å². The molecule has 0 aromatic carbocycles. The fourth-order valence-electron chi connectivity index (χ4n) is 0.798. The van der Waals surface area contributed by atoms with Crippen LogP contribution in [0, 0.1) is 0 Å². The van der Waals surface area contributed by atoms with Crippen LogP contribution in [0.15, 0.2) is 0 Å². The molecule has 0 saturated carbocycles. The molecule has 1 saturated heterocycles. The summed E-state index contributed by atoms with van der Waals surface area (Å²) < 4.78 is 0. The molecule has 0 spiro atoms. The third kappa shape index (κ3) is 1.49. The molecule has 1 heterocycles. The highest BCUT2D eigenvalue weighted by atomic mass is 15.1. The zero-order valence-corrected chi connectivity index (χ0v) is 4.70. The Morgan fingerprint density at radius 3 is 2.14 bits per heavy atom. The van der Waals surface area contributed by atoms with E-state index in [0.29, 0.717) is 0 Å². The van der Waals surface area contributed by atoms with Crippen LogP contribution in [-0.4, -0.2) is 27.6 Å². The summed E-state index contributed by atoms with van der Waals surface area (Å²) in [6, 6.07) is 0. The highest BCUT2D eigenvalue weighted by Gasteiger charge is 2.03. The summed E-state index contributed by atoms with van der Waals surface area (Å²) in [5.74, 6) is 0.814. The topological polar surface area (TPSA) is 24.1 Å². The van der Waals surface area contributed by atoms with Crippen LogP contribution in [-0.2, 0) is 0 Å². The average Bonchev–Trinajstić information content (AvgIpc) is 1.69.